The molecule has 2 heterocycles. The Morgan fingerprint density at radius 2 is 2.32 bits per heavy atom. The molecule has 0 aromatic carbocycles. The molecule has 4 N–H and O–H groups in total. The van der Waals surface area contributed by atoms with E-state index in [2.05, 4.69) is 34.0 Å². The Hall–Kier alpha value is -1.56. The van der Waals surface area contributed by atoms with Crippen molar-refractivity contribution >= 4 is 17.6 Å². The Balaban J connectivity index is 2.13. The molecule has 1 aliphatic heterocycles. The van der Waals surface area contributed by atoms with Crippen LogP contribution < -0.4 is 16.0 Å². The molecule has 1 aromatic rings. The third kappa shape index (κ3) is 3.47. The Labute approximate surface area is 114 Å². The number of β-amino-alcohol motifs (C(OH)–C–C–N with tert-alkyl or cyclic N) is 1. The fraction of sp³-hybridized carbons (Fsp3) is 0.692. The van der Waals surface area contributed by atoms with Gasteiger partial charge in [0.15, 0.2) is 0 Å². The molecule has 0 aliphatic carbocycles. The average molecular weight is 265 g/mol. The lowest BCUT2D eigenvalue weighted by Gasteiger charge is -2.35. The van der Waals surface area contributed by atoms with E-state index in [9.17, 15) is 5.11 Å². The van der Waals surface area contributed by atoms with E-state index in [4.69, 9.17) is 5.73 Å². The summed E-state index contributed by atoms with van der Waals surface area (Å²) in [5.41, 5.74) is 5.75. The van der Waals surface area contributed by atoms with Crippen LogP contribution >= 0.6 is 0 Å². The van der Waals surface area contributed by atoms with Crippen LogP contribution in [0.5, 0.6) is 0 Å². The summed E-state index contributed by atoms with van der Waals surface area (Å²) in [5.74, 6) is 2.15. The summed E-state index contributed by atoms with van der Waals surface area (Å²) >= 11 is 0. The van der Waals surface area contributed by atoms with Gasteiger partial charge in [0, 0.05) is 25.7 Å². The first-order chi connectivity index (χ1) is 9.10. The monoisotopic (exact) mass is 265 g/mol. The smallest absolute Gasteiger partial charge is 0.223 e. The predicted octanol–water partition coefficient (Wildman–Crippen LogP) is 1.09. The van der Waals surface area contributed by atoms with E-state index in [0.717, 1.165) is 37.6 Å². The van der Waals surface area contributed by atoms with Crippen molar-refractivity contribution in [2.75, 3.05) is 35.6 Å². The highest BCUT2D eigenvalue weighted by Crippen LogP contribution is 2.24. The van der Waals surface area contributed by atoms with E-state index in [1.54, 1.807) is 0 Å². The zero-order valence-electron chi connectivity index (χ0n) is 11.6. The van der Waals surface area contributed by atoms with Crippen LogP contribution in [0.1, 0.15) is 26.7 Å². The SMILES string of the molecule is CCCNc1cc(N2CCC(C)C(O)C2)nc(N)n1. The minimum atomic E-state index is -0.308. The normalized spacial score (nSPS) is 23.4. The van der Waals surface area contributed by atoms with Gasteiger partial charge in [-0.05, 0) is 18.8 Å². The van der Waals surface area contributed by atoms with Gasteiger partial charge in [0.05, 0.1) is 6.10 Å². The Morgan fingerprint density at radius 1 is 1.53 bits per heavy atom. The fourth-order valence-electron chi connectivity index (χ4n) is 2.22. The maximum Gasteiger partial charge on any atom is 0.223 e. The number of nitrogen functional groups attached to an aromatic ring is 1. The number of nitrogens with one attached hydrogen (secondary N) is 1. The third-order valence-electron chi connectivity index (χ3n) is 3.53. The molecule has 0 amide bonds. The van der Waals surface area contributed by atoms with E-state index in [1.165, 1.54) is 0 Å². The number of hydrogen-bond donors (Lipinski definition) is 3. The highest BCUT2D eigenvalue weighted by molar-refractivity contribution is 5.53. The maximum atomic E-state index is 9.96. The highest BCUT2D eigenvalue weighted by Gasteiger charge is 2.25. The summed E-state index contributed by atoms with van der Waals surface area (Å²) in [6, 6.07) is 1.90. The van der Waals surface area contributed by atoms with Gasteiger partial charge in [0.2, 0.25) is 5.95 Å². The van der Waals surface area contributed by atoms with Gasteiger partial charge in [-0.2, -0.15) is 9.97 Å². The molecule has 1 saturated heterocycles. The van der Waals surface area contributed by atoms with Gasteiger partial charge in [0.25, 0.3) is 0 Å². The van der Waals surface area contributed by atoms with E-state index < -0.39 is 0 Å². The lowest BCUT2D eigenvalue weighted by molar-refractivity contribution is 0.102. The van der Waals surface area contributed by atoms with Gasteiger partial charge >= 0.3 is 0 Å². The van der Waals surface area contributed by atoms with Crippen molar-refractivity contribution < 1.29 is 5.11 Å². The molecule has 0 bridgehead atoms. The number of nitrogens with zero attached hydrogens (tertiary/aromatic N) is 3. The largest absolute Gasteiger partial charge is 0.391 e. The molecule has 2 unspecified atom stereocenters. The lowest BCUT2D eigenvalue weighted by Crippen LogP contribution is -2.43. The van der Waals surface area contributed by atoms with Gasteiger partial charge in [-0.15, -0.1) is 0 Å². The minimum absolute atomic E-state index is 0.268. The van der Waals surface area contributed by atoms with E-state index in [0.29, 0.717) is 12.5 Å². The van der Waals surface area contributed by atoms with Crippen LogP contribution in [0.15, 0.2) is 6.07 Å². The van der Waals surface area contributed by atoms with Crippen LogP contribution in [0, 0.1) is 5.92 Å². The summed E-state index contributed by atoms with van der Waals surface area (Å²) in [4.78, 5) is 10.5. The summed E-state index contributed by atoms with van der Waals surface area (Å²) in [5, 5.41) is 13.2. The van der Waals surface area contributed by atoms with Crippen molar-refractivity contribution in [3.8, 4) is 0 Å². The molecule has 2 rings (SSSR count). The van der Waals surface area contributed by atoms with Crippen molar-refractivity contribution in [3.05, 3.63) is 6.07 Å². The van der Waals surface area contributed by atoms with Crippen LogP contribution in [-0.4, -0.2) is 40.8 Å². The molecule has 2 atom stereocenters. The van der Waals surface area contributed by atoms with Gasteiger partial charge in [-0.1, -0.05) is 13.8 Å². The van der Waals surface area contributed by atoms with Gasteiger partial charge in [-0.25, -0.2) is 0 Å². The van der Waals surface area contributed by atoms with Crippen LogP contribution in [0.25, 0.3) is 0 Å². The minimum Gasteiger partial charge on any atom is -0.391 e. The van der Waals surface area contributed by atoms with Crippen molar-refractivity contribution in [2.45, 2.75) is 32.8 Å². The first-order valence-electron chi connectivity index (χ1n) is 6.91. The first kappa shape index (κ1) is 13.9. The Kier molecular flexibility index (Phi) is 4.42. The Bertz CT molecular complexity index is 425. The second kappa shape index (κ2) is 6.06. The van der Waals surface area contributed by atoms with Gasteiger partial charge < -0.3 is 21.1 Å². The molecule has 6 nitrogen and oxygen atoms in total. The van der Waals surface area contributed by atoms with Crippen molar-refractivity contribution in [1.82, 2.24) is 9.97 Å². The average Bonchev–Trinajstić information content (AvgIpc) is 2.39. The standard InChI is InChI=1S/C13H23N5O/c1-3-5-15-11-7-12(17-13(14)16-11)18-6-4-9(2)10(19)8-18/h7,9-10,19H,3-6,8H2,1-2H3,(H3,14,15,16,17). The maximum absolute atomic E-state index is 9.96. The molecule has 0 spiro atoms. The van der Waals surface area contributed by atoms with Crippen molar-refractivity contribution in [1.29, 1.82) is 0 Å². The molecular weight excluding hydrogens is 242 g/mol. The van der Waals surface area contributed by atoms with E-state index in [1.807, 2.05) is 6.07 Å². The quantitative estimate of drug-likeness (QED) is 0.755. The summed E-state index contributed by atoms with van der Waals surface area (Å²) in [6.45, 7) is 6.52. The third-order valence-corrected chi connectivity index (χ3v) is 3.53. The summed E-state index contributed by atoms with van der Waals surface area (Å²) < 4.78 is 0. The Morgan fingerprint density at radius 3 is 3.00 bits per heavy atom. The number of piperidine rings is 1. The van der Waals surface area contributed by atoms with Crippen LogP contribution in [0.2, 0.25) is 0 Å². The zero-order chi connectivity index (χ0) is 13.8. The molecule has 1 aromatic heterocycles. The van der Waals surface area contributed by atoms with E-state index in [-0.39, 0.29) is 12.1 Å². The van der Waals surface area contributed by atoms with E-state index >= 15 is 0 Å². The van der Waals surface area contributed by atoms with Gasteiger partial charge in [0.1, 0.15) is 11.6 Å². The number of anilines is 3. The molecule has 0 radical (unpaired) electrons. The van der Waals surface area contributed by atoms with Crippen LogP contribution in [0.4, 0.5) is 17.6 Å². The van der Waals surface area contributed by atoms with Crippen LogP contribution in [-0.2, 0) is 0 Å². The van der Waals surface area contributed by atoms with Crippen molar-refractivity contribution in [3.63, 3.8) is 0 Å². The molecule has 1 aliphatic rings. The number of hydrogen-bond acceptors (Lipinski definition) is 6. The number of nitrogens with two attached hydrogens (primary N) is 1. The van der Waals surface area contributed by atoms with Crippen molar-refractivity contribution in [2.24, 2.45) is 5.92 Å². The molecular formula is C13H23N5O. The second-order valence-corrected chi connectivity index (χ2v) is 5.18. The predicted molar refractivity (Wildman–Crippen MR) is 77.2 cm³/mol. The number of aliphatic hydroxyl groups is 1. The van der Waals surface area contributed by atoms with Crippen LogP contribution in [0.3, 0.4) is 0 Å². The number of rotatable bonds is 4. The molecule has 0 saturated carbocycles. The topological polar surface area (TPSA) is 87.3 Å². The number of aromatic nitrogens is 2. The first-order valence-corrected chi connectivity index (χ1v) is 6.91. The van der Waals surface area contributed by atoms with Gasteiger partial charge in [-0.3, -0.25) is 0 Å². The fourth-order valence-corrected chi connectivity index (χ4v) is 2.22. The number of aliphatic hydroxyl groups excluding tert-OH is 1. The molecule has 19 heavy (non-hydrogen) atoms. The lowest BCUT2D eigenvalue weighted by atomic mass is 9.96. The molecule has 6 heteroatoms. The highest BCUT2D eigenvalue weighted by atomic mass is 16.3. The molecule has 106 valence electrons. The molecule has 1 fully saturated rings. The second-order valence-electron chi connectivity index (χ2n) is 5.18. The summed E-state index contributed by atoms with van der Waals surface area (Å²) in [7, 11) is 0. The zero-order valence-corrected chi connectivity index (χ0v) is 11.6. The summed E-state index contributed by atoms with van der Waals surface area (Å²) in [6.07, 6.45) is 1.68.